The largest absolute Gasteiger partial charge is 0.416 e. The van der Waals surface area contributed by atoms with Crippen LogP contribution in [-0.4, -0.2) is 58.5 Å². The maximum Gasteiger partial charge on any atom is 0.416 e. The quantitative estimate of drug-likeness (QED) is 0.589. The van der Waals surface area contributed by atoms with Gasteiger partial charge in [0.15, 0.2) is 0 Å². The molecule has 0 spiro atoms. The third kappa shape index (κ3) is 4.22. The van der Waals surface area contributed by atoms with Gasteiger partial charge in [0.25, 0.3) is 5.78 Å². The van der Waals surface area contributed by atoms with Gasteiger partial charge in [0.05, 0.1) is 10.5 Å². The lowest BCUT2D eigenvalue weighted by Gasteiger charge is -2.35. The number of rotatable bonds is 5. The second kappa shape index (κ2) is 8.08. The Morgan fingerprint density at radius 2 is 1.74 bits per heavy atom. The molecule has 2 aromatic heterocycles. The van der Waals surface area contributed by atoms with E-state index in [9.17, 15) is 21.6 Å². The molecule has 1 saturated heterocycles. The summed E-state index contributed by atoms with van der Waals surface area (Å²) in [6, 6.07) is 5.52. The van der Waals surface area contributed by atoms with Crippen LogP contribution < -0.4 is 4.90 Å². The van der Waals surface area contributed by atoms with Crippen molar-refractivity contribution >= 4 is 21.6 Å². The Labute approximate surface area is 177 Å². The van der Waals surface area contributed by atoms with E-state index in [1.54, 1.807) is 4.52 Å². The number of sulfonamides is 1. The minimum Gasteiger partial charge on any atom is -0.354 e. The van der Waals surface area contributed by atoms with Crippen LogP contribution in [0.1, 0.15) is 24.6 Å². The number of benzene rings is 1. The maximum absolute atomic E-state index is 12.9. The molecule has 0 bridgehead atoms. The number of aryl methyl sites for hydroxylation is 1. The van der Waals surface area contributed by atoms with Crippen molar-refractivity contribution in [2.24, 2.45) is 0 Å². The zero-order valence-electron chi connectivity index (χ0n) is 16.7. The van der Waals surface area contributed by atoms with Crippen molar-refractivity contribution in [3.63, 3.8) is 0 Å². The molecule has 0 amide bonds. The molecular weight excluding hydrogens is 433 g/mol. The summed E-state index contributed by atoms with van der Waals surface area (Å²) in [5.41, 5.74) is 0.00601. The van der Waals surface area contributed by atoms with E-state index in [0.29, 0.717) is 18.9 Å². The molecule has 8 nitrogen and oxygen atoms in total. The summed E-state index contributed by atoms with van der Waals surface area (Å²) in [4.78, 5) is 10.5. The van der Waals surface area contributed by atoms with Gasteiger partial charge in [-0.2, -0.15) is 32.1 Å². The summed E-state index contributed by atoms with van der Waals surface area (Å²) >= 11 is 0. The van der Waals surface area contributed by atoms with Crippen LogP contribution in [0.3, 0.4) is 0 Å². The molecule has 0 unspecified atom stereocenters. The number of nitrogens with zero attached hydrogens (tertiary/aromatic N) is 6. The van der Waals surface area contributed by atoms with E-state index in [2.05, 4.69) is 22.0 Å². The van der Waals surface area contributed by atoms with E-state index in [1.165, 1.54) is 10.6 Å². The number of halogens is 3. The van der Waals surface area contributed by atoms with Crippen LogP contribution in [0.15, 0.2) is 41.6 Å². The molecule has 0 N–H and O–H groups in total. The first-order chi connectivity index (χ1) is 14.7. The number of anilines is 1. The molecule has 4 rings (SSSR count). The van der Waals surface area contributed by atoms with Crippen molar-refractivity contribution in [3.8, 4) is 0 Å². The lowest BCUT2D eigenvalue weighted by Crippen LogP contribution is -2.49. The summed E-state index contributed by atoms with van der Waals surface area (Å²) in [5.74, 6) is 1.28. The van der Waals surface area contributed by atoms with Crippen LogP contribution in [0.25, 0.3) is 5.78 Å². The van der Waals surface area contributed by atoms with Crippen LogP contribution in [0.4, 0.5) is 19.0 Å². The molecule has 1 fully saturated rings. The van der Waals surface area contributed by atoms with Crippen molar-refractivity contribution in [1.82, 2.24) is 23.9 Å². The number of piperazine rings is 1. The first-order valence-corrected chi connectivity index (χ1v) is 11.3. The number of hydrogen-bond acceptors (Lipinski definition) is 6. The van der Waals surface area contributed by atoms with Gasteiger partial charge in [0, 0.05) is 37.9 Å². The molecule has 0 aliphatic carbocycles. The smallest absolute Gasteiger partial charge is 0.354 e. The Morgan fingerprint density at radius 1 is 1.06 bits per heavy atom. The minimum atomic E-state index is -4.51. The van der Waals surface area contributed by atoms with E-state index >= 15 is 0 Å². The predicted octanol–water partition coefficient (Wildman–Crippen LogP) is 2.61. The minimum absolute atomic E-state index is 0.151. The maximum atomic E-state index is 12.9. The van der Waals surface area contributed by atoms with Crippen LogP contribution in [-0.2, 0) is 22.6 Å². The predicted molar refractivity (Wildman–Crippen MR) is 107 cm³/mol. The lowest BCUT2D eigenvalue weighted by atomic mass is 10.2. The Bertz CT molecular complexity index is 1170. The van der Waals surface area contributed by atoms with Crippen LogP contribution >= 0.6 is 0 Å². The van der Waals surface area contributed by atoms with Gasteiger partial charge < -0.3 is 4.90 Å². The van der Waals surface area contributed by atoms with Gasteiger partial charge in [0.1, 0.15) is 12.1 Å². The molecule has 31 heavy (non-hydrogen) atoms. The Morgan fingerprint density at radius 3 is 2.35 bits per heavy atom. The van der Waals surface area contributed by atoms with E-state index in [-0.39, 0.29) is 18.0 Å². The SMILES string of the molecule is CCCc1cc(N2CCN(S(=O)(=O)c3ccc(C(F)(F)F)cc3)CC2)n2ncnc2n1. The van der Waals surface area contributed by atoms with Gasteiger partial charge >= 0.3 is 6.18 Å². The van der Waals surface area contributed by atoms with Gasteiger partial charge in [-0.05, 0) is 30.7 Å². The standard InChI is InChI=1S/C19H21F3N6O2S/c1-2-3-15-12-17(28-18(25-15)23-13-24-28)26-8-10-27(11-9-26)31(29,30)16-6-4-14(5-7-16)19(20,21)22/h4-7,12-13H,2-3,8-11H2,1H3. The normalized spacial score (nSPS) is 16.2. The number of fused-ring (bicyclic) bond motifs is 1. The number of aromatic nitrogens is 4. The summed E-state index contributed by atoms with van der Waals surface area (Å²) in [6.45, 7) is 3.27. The molecular formula is C19H21F3N6O2S. The molecule has 12 heteroatoms. The Balaban J connectivity index is 1.52. The highest BCUT2D eigenvalue weighted by Gasteiger charge is 2.33. The van der Waals surface area contributed by atoms with Gasteiger partial charge in [0.2, 0.25) is 10.0 Å². The van der Waals surface area contributed by atoms with Crippen LogP contribution in [0.5, 0.6) is 0 Å². The second-order valence-electron chi connectivity index (χ2n) is 7.24. The molecule has 3 aromatic rings. The van der Waals surface area contributed by atoms with Crippen molar-refractivity contribution < 1.29 is 21.6 Å². The third-order valence-electron chi connectivity index (χ3n) is 5.17. The third-order valence-corrected chi connectivity index (χ3v) is 7.09. The molecule has 0 saturated carbocycles. The van der Waals surface area contributed by atoms with E-state index in [4.69, 9.17) is 0 Å². The fraction of sp³-hybridized carbons (Fsp3) is 0.421. The first kappa shape index (κ1) is 21.5. The average molecular weight is 454 g/mol. The topological polar surface area (TPSA) is 83.7 Å². The van der Waals surface area contributed by atoms with Gasteiger partial charge in [-0.15, -0.1) is 0 Å². The van der Waals surface area contributed by atoms with Crippen LogP contribution in [0.2, 0.25) is 0 Å². The molecule has 3 heterocycles. The van der Waals surface area contributed by atoms with Crippen molar-refractivity contribution in [2.75, 3.05) is 31.1 Å². The fourth-order valence-electron chi connectivity index (χ4n) is 3.58. The molecule has 0 atom stereocenters. The molecule has 1 aliphatic rings. The summed E-state index contributed by atoms with van der Waals surface area (Å²) in [5, 5.41) is 4.22. The summed E-state index contributed by atoms with van der Waals surface area (Å²) in [6.07, 6.45) is -1.37. The second-order valence-corrected chi connectivity index (χ2v) is 9.18. The first-order valence-electron chi connectivity index (χ1n) is 9.82. The molecule has 1 aliphatic heterocycles. The van der Waals surface area contributed by atoms with Crippen molar-refractivity contribution in [3.05, 3.63) is 47.9 Å². The van der Waals surface area contributed by atoms with E-state index < -0.39 is 21.8 Å². The highest BCUT2D eigenvalue weighted by molar-refractivity contribution is 7.89. The van der Waals surface area contributed by atoms with Gasteiger partial charge in [-0.25, -0.2) is 13.4 Å². The monoisotopic (exact) mass is 454 g/mol. The molecule has 1 aromatic carbocycles. The van der Waals surface area contributed by atoms with Gasteiger partial charge in [-0.3, -0.25) is 0 Å². The van der Waals surface area contributed by atoms with Gasteiger partial charge in [-0.1, -0.05) is 13.3 Å². The van der Waals surface area contributed by atoms with E-state index in [0.717, 1.165) is 48.6 Å². The molecule has 166 valence electrons. The fourth-order valence-corrected chi connectivity index (χ4v) is 5.00. The van der Waals surface area contributed by atoms with Crippen LogP contribution in [0, 0.1) is 0 Å². The lowest BCUT2D eigenvalue weighted by molar-refractivity contribution is -0.137. The zero-order valence-corrected chi connectivity index (χ0v) is 17.6. The molecule has 0 radical (unpaired) electrons. The highest BCUT2D eigenvalue weighted by Crippen LogP contribution is 2.30. The van der Waals surface area contributed by atoms with E-state index in [1.807, 2.05) is 11.0 Å². The summed E-state index contributed by atoms with van der Waals surface area (Å²) in [7, 11) is -3.89. The number of hydrogen-bond donors (Lipinski definition) is 0. The average Bonchev–Trinajstić information content (AvgIpc) is 3.22. The Kier molecular flexibility index (Phi) is 5.60. The van der Waals surface area contributed by atoms with Crippen molar-refractivity contribution in [1.29, 1.82) is 0 Å². The Hall–Kier alpha value is -2.73. The highest BCUT2D eigenvalue weighted by atomic mass is 32.2. The van der Waals surface area contributed by atoms with Crippen molar-refractivity contribution in [2.45, 2.75) is 30.8 Å². The zero-order chi connectivity index (χ0) is 22.2. The number of alkyl halides is 3. The summed E-state index contributed by atoms with van der Waals surface area (Å²) < 4.78 is 67.0.